The second-order valence-electron chi connectivity index (χ2n) is 8.34. The van der Waals surface area contributed by atoms with Crippen LogP contribution in [0.3, 0.4) is 0 Å². The molecule has 0 aliphatic carbocycles. The highest BCUT2D eigenvalue weighted by atomic mass is 16.2. The van der Waals surface area contributed by atoms with E-state index in [2.05, 4.69) is 18.0 Å². The van der Waals surface area contributed by atoms with Crippen LogP contribution in [0, 0.1) is 0 Å². The van der Waals surface area contributed by atoms with Gasteiger partial charge < -0.3 is 14.8 Å². The molecule has 1 atom stereocenters. The number of carbonyl (C=O) groups is 2. The zero-order chi connectivity index (χ0) is 20.9. The average molecular weight is 402 g/mol. The van der Waals surface area contributed by atoms with Crippen molar-refractivity contribution in [3.63, 3.8) is 0 Å². The Kier molecular flexibility index (Phi) is 4.42. The lowest BCUT2D eigenvalue weighted by molar-refractivity contribution is -0.143. The Bertz CT molecular complexity index is 1150. The molecule has 0 saturated heterocycles. The molecule has 2 aromatic carbocycles. The van der Waals surface area contributed by atoms with Crippen LogP contribution in [0.5, 0.6) is 0 Å². The molecular weight excluding hydrogens is 374 g/mol. The number of H-pyrrole nitrogens is 1. The lowest BCUT2D eigenvalue weighted by atomic mass is 9.80. The molecule has 0 radical (unpaired) electrons. The SMILES string of the molecule is CCCCCN1C(=O)[C@@]2(c3ccccc31)c1[nH]c3ccccc3c1CCN2C(C)=O. The van der Waals surface area contributed by atoms with Crippen LogP contribution in [0.1, 0.15) is 49.9 Å². The van der Waals surface area contributed by atoms with Gasteiger partial charge in [0, 0.05) is 36.5 Å². The van der Waals surface area contributed by atoms with E-state index in [0.29, 0.717) is 13.1 Å². The van der Waals surface area contributed by atoms with Crippen molar-refractivity contribution in [3.8, 4) is 0 Å². The fourth-order valence-corrected chi connectivity index (χ4v) is 5.37. The summed E-state index contributed by atoms with van der Waals surface area (Å²) >= 11 is 0. The minimum absolute atomic E-state index is 0.0116. The van der Waals surface area contributed by atoms with Crippen LogP contribution in [-0.4, -0.2) is 34.8 Å². The molecule has 1 N–H and O–H groups in total. The second-order valence-corrected chi connectivity index (χ2v) is 8.34. The molecule has 2 aliphatic heterocycles. The van der Waals surface area contributed by atoms with Crippen LogP contribution in [0.25, 0.3) is 10.9 Å². The Balaban J connectivity index is 1.78. The van der Waals surface area contributed by atoms with E-state index in [9.17, 15) is 9.59 Å². The monoisotopic (exact) mass is 401 g/mol. The van der Waals surface area contributed by atoms with Gasteiger partial charge in [-0.3, -0.25) is 9.59 Å². The number of benzene rings is 2. The zero-order valence-electron chi connectivity index (χ0n) is 17.6. The van der Waals surface area contributed by atoms with Crippen LogP contribution in [-0.2, 0) is 21.5 Å². The second kappa shape index (κ2) is 7.01. The first kappa shape index (κ1) is 18.9. The molecule has 154 valence electrons. The minimum atomic E-state index is -1.11. The van der Waals surface area contributed by atoms with Crippen molar-refractivity contribution in [2.24, 2.45) is 0 Å². The summed E-state index contributed by atoms with van der Waals surface area (Å²) in [6.07, 6.45) is 3.87. The van der Waals surface area contributed by atoms with E-state index in [-0.39, 0.29) is 11.8 Å². The highest BCUT2D eigenvalue weighted by molar-refractivity contribution is 6.12. The van der Waals surface area contributed by atoms with Crippen molar-refractivity contribution < 1.29 is 9.59 Å². The summed E-state index contributed by atoms with van der Waals surface area (Å²) in [5.41, 5.74) is 3.76. The fraction of sp³-hybridized carbons (Fsp3) is 0.360. The number of nitrogens with one attached hydrogen (secondary N) is 1. The number of carbonyl (C=O) groups excluding carboxylic acids is 2. The molecule has 2 amide bonds. The third kappa shape index (κ3) is 2.41. The van der Waals surface area contributed by atoms with Gasteiger partial charge in [-0.1, -0.05) is 56.2 Å². The average Bonchev–Trinajstić information content (AvgIpc) is 3.25. The molecule has 3 heterocycles. The normalized spacial score (nSPS) is 20.1. The van der Waals surface area contributed by atoms with Gasteiger partial charge in [0.25, 0.3) is 5.91 Å². The van der Waals surface area contributed by atoms with Crippen molar-refractivity contribution in [2.75, 3.05) is 18.0 Å². The lowest BCUT2D eigenvalue weighted by Gasteiger charge is -2.43. The predicted molar refractivity (Wildman–Crippen MR) is 118 cm³/mol. The minimum Gasteiger partial charge on any atom is -0.355 e. The molecule has 5 rings (SSSR count). The maximum Gasteiger partial charge on any atom is 0.263 e. The number of anilines is 1. The van der Waals surface area contributed by atoms with Crippen molar-refractivity contribution >= 4 is 28.4 Å². The van der Waals surface area contributed by atoms with Crippen LogP contribution >= 0.6 is 0 Å². The van der Waals surface area contributed by atoms with Gasteiger partial charge in [-0.2, -0.15) is 0 Å². The van der Waals surface area contributed by atoms with E-state index in [1.807, 2.05) is 47.4 Å². The Labute approximate surface area is 176 Å². The van der Waals surface area contributed by atoms with Crippen molar-refractivity contribution in [2.45, 2.75) is 45.1 Å². The molecule has 0 bridgehead atoms. The van der Waals surface area contributed by atoms with E-state index in [0.717, 1.165) is 59.1 Å². The summed E-state index contributed by atoms with van der Waals surface area (Å²) < 4.78 is 0. The summed E-state index contributed by atoms with van der Waals surface area (Å²) in [6.45, 7) is 4.95. The number of unbranched alkanes of at least 4 members (excludes halogenated alkanes) is 2. The van der Waals surface area contributed by atoms with Gasteiger partial charge in [0.2, 0.25) is 5.91 Å². The van der Waals surface area contributed by atoms with Gasteiger partial charge in [-0.25, -0.2) is 0 Å². The summed E-state index contributed by atoms with van der Waals surface area (Å²) in [4.78, 5) is 34.3. The third-order valence-corrected chi connectivity index (χ3v) is 6.67. The van der Waals surface area contributed by atoms with Gasteiger partial charge in [0.1, 0.15) is 0 Å². The number of aromatic amines is 1. The molecule has 5 heteroatoms. The van der Waals surface area contributed by atoms with Crippen LogP contribution < -0.4 is 4.90 Å². The quantitative estimate of drug-likeness (QED) is 0.661. The summed E-state index contributed by atoms with van der Waals surface area (Å²) in [5.74, 6) is -0.0830. The number of nitrogens with zero attached hydrogens (tertiary/aromatic N) is 2. The van der Waals surface area contributed by atoms with E-state index in [4.69, 9.17) is 0 Å². The van der Waals surface area contributed by atoms with Gasteiger partial charge in [-0.05, 0) is 30.5 Å². The maximum absolute atomic E-state index is 14.2. The van der Waals surface area contributed by atoms with Crippen LogP contribution in [0.4, 0.5) is 5.69 Å². The van der Waals surface area contributed by atoms with Crippen molar-refractivity contribution in [3.05, 3.63) is 65.4 Å². The molecule has 5 nitrogen and oxygen atoms in total. The number of aromatic nitrogens is 1. The first-order valence-corrected chi connectivity index (χ1v) is 10.9. The number of hydrogen-bond acceptors (Lipinski definition) is 2. The smallest absolute Gasteiger partial charge is 0.263 e. The van der Waals surface area contributed by atoms with Gasteiger partial charge in [-0.15, -0.1) is 0 Å². The first-order valence-electron chi connectivity index (χ1n) is 10.9. The summed E-state index contributed by atoms with van der Waals surface area (Å²) in [7, 11) is 0. The van der Waals surface area contributed by atoms with Gasteiger partial charge in [0.15, 0.2) is 5.54 Å². The van der Waals surface area contributed by atoms with Gasteiger partial charge in [0.05, 0.1) is 11.4 Å². The molecule has 0 unspecified atom stereocenters. The predicted octanol–water partition coefficient (Wildman–Crippen LogP) is 4.35. The number of para-hydroxylation sites is 2. The summed E-state index contributed by atoms with van der Waals surface area (Å²) in [6, 6.07) is 16.2. The van der Waals surface area contributed by atoms with Gasteiger partial charge >= 0.3 is 0 Å². The van der Waals surface area contributed by atoms with E-state index in [1.165, 1.54) is 0 Å². The lowest BCUT2D eigenvalue weighted by Crippen LogP contribution is -2.58. The third-order valence-electron chi connectivity index (χ3n) is 6.67. The maximum atomic E-state index is 14.2. The molecule has 0 saturated carbocycles. The largest absolute Gasteiger partial charge is 0.355 e. The standard InChI is InChI=1S/C25H27N3O2/c1-3-4-9-15-27-22-13-8-6-11-20(22)25(24(27)30)23-19(14-16-28(25)17(2)29)18-10-5-7-12-21(18)26-23/h5-8,10-13,26H,3-4,9,14-16H2,1-2H3/t25-/m1/s1. The molecule has 0 fully saturated rings. The number of amides is 2. The molecule has 1 spiro atoms. The van der Waals surface area contributed by atoms with Crippen molar-refractivity contribution in [1.82, 2.24) is 9.88 Å². The fourth-order valence-electron chi connectivity index (χ4n) is 5.37. The van der Waals surface area contributed by atoms with Crippen LogP contribution in [0.2, 0.25) is 0 Å². The molecular formula is C25H27N3O2. The Hall–Kier alpha value is -3.08. The van der Waals surface area contributed by atoms with Crippen LogP contribution in [0.15, 0.2) is 48.5 Å². The molecule has 1 aromatic heterocycles. The molecule has 2 aliphatic rings. The highest BCUT2D eigenvalue weighted by Crippen LogP contribution is 2.52. The Morgan fingerprint density at radius 2 is 1.87 bits per heavy atom. The topological polar surface area (TPSA) is 56.4 Å². The first-order chi connectivity index (χ1) is 14.6. The highest BCUT2D eigenvalue weighted by Gasteiger charge is 2.60. The molecule has 30 heavy (non-hydrogen) atoms. The number of fused-ring (bicyclic) bond motifs is 6. The van der Waals surface area contributed by atoms with Crippen molar-refractivity contribution in [1.29, 1.82) is 0 Å². The number of hydrogen-bond donors (Lipinski definition) is 1. The number of rotatable bonds is 4. The van der Waals surface area contributed by atoms with E-state index >= 15 is 0 Å². The summed E-state index contributed by atoms with van der Waals surface area (Å²) in [5, 5.41) is 1.14. The van der Waals surface area contributed by atoms with E-state index < -0.39 is 5.54 Å². The Morgan fingerprint density at radius 1 is 1.10 bits per heavy atom. The molecule has 3 aromatic rings. The van der Waals surface area contributed by atoms with E-state index in [1.54, 1.807) is 11.8 Å². The zero-order valence-corrected chi connectivity index (χ0v) is 17.6. The Morgan fingerprint density at radius 3 is 2.67 bits per heavy atom.